The Kier molecular flexibility index (Phi) is 3.31. The summed E-state index contributed by atoms with van der Waals surface area (Å²) in [6.07, 6.45) is 13.2. The van der Waals surface area contributed by atoms with E-state index in [1.165, 1.54) is 32.1 Å². The summed E-state index contributed by atoms with van der Waals surface area (Å²) in [6.45, 7) is 0. The molecule has 0 aromatic carbocycles. The highest BCUT2D eigenvalue weighted by molar-refractivity contribution is 5.20. The molecular weight excluding hydrogens is 186 g/mol. The van der Waals surface area contributed by atoms with Crippen molar-refractivity contribution < 1.29 is 0 Å². The normalized spacial score (nSPS) is 27.6. The zero-order valence-corrected chi connectivity index (χ0v) is 9.45. The van der Waals surface area contributed by atoms with Gasteiger partial charge < -0.3 is 11.1 Å². The summed E-state index contributed by atoms with van der Waals surface area (Å²) in [5.41, 5.74) is 6.48. The van der Waals surface area contributed by atoms with Crippen LogP contribution in [0.3, 0.4) is 0 Å². The lowest BCUT2D eigenvalue weighted by Crippen LogP contribution is -2.47. The molecule has 1 heterocycles. The van der Waals surface area contributed by atoms with Crippen LogP contribution in [0, 0.1) is 0 Å². The van der Waals surface area contributed by atoms with Gasteiger partial charge in [-0.25, -0.2) is 0 Å². The molecule has 1 unspecified atom stereocenters. The average molecular weight is 207 g/mol. The van der Waals surface area contributed by atoms with Gasteiger partial charge in [-0.3, -0.25) is 4.90 Å². The van der Waals surface area contributed by atoms with E-state index in [0.717, 1.165) is 11.7 Å². The van der Waals surface area contributed by atoms with E-state index in [0.29, 0.717) is 6.17 Å². The SMILES string of the molecule is CN(C1CCCCC1)C1C=CC(N)=CN1. The Morgan fingerprint density at radius 3 is 2.67 bits per heavy atom. The average Bonchev–Trinajstić information content (AvgIpc) is 2.30. The molecule has 3 nitrogen and oxygen atoms in total. The first-order valence-electron chi connectivity index (χ1n) is 5.89. The Bertz CT molecular complexity index is 264. The highest BCUT2D eigenvalue weighted by Crippen LogP contribution is 2.23. The molecule has 15 heavy (non-hydrogen) atoms. The van der Waals surface area contributed by atoms with Crippen LogP contribution in [0.2, 0.25) is 0 Å². The molecule has 0 spiro atoms. The van der Waals surface area contributed by atoms with Crippen LogP contribution >= 0.6 is 0 Å². The predicted molar refractivity (Wildman–Crippen MR) is 63.0 cm³/mol. The number of allylic oxidation sites excluding steroid dienone is 1. The highest BCUT2D eigenvalue weighted by Gasteiger charge is 2.23. The fourth-order valence-corrected chi connectivity index (χ4v) is 2.46. The Morgan fingerprint density at radius 2 is 2.07 bits per heavy atom. The Balaban J connectivity index is 1.90. The second kappa shape index (κ2) is 4.71. The van der Waals surface area contributed by atoms with Gasteiger partial charge in [0, 0.05) is 17.9 Å². The van der Waals surface area contributed by atoms with E-state index in [-0.39, 0.29) is 0 Å². The van der Waals surface area contributed by atoms with E-state index in [2.05, 4.69) is 23.3 Å². The van der Waals surface area contributed by atoms with Crippen LogP contribution in [0.1, 0.15) is 32.1 Å². The van der Waals surface area contributed by atoms with Crippen LogP contribution in [0.25, 0.3) is 0 Å². The summed E-state index contributed by atoms with van der Waals surface area (Å²) in [5, 5.41) is 3.32. The van der Waals surface area contributed by atoms with E-state index >= 15 is 0 Å². The molecule has 3 heteroatoms. The maximum Gasteiger partial charge on any atom is 0.0986 e. The number of nitrogens with zero attached hydrogens (tertiary/aromatic N) is 1. The standard InChI is InChI=1S/C12H21N3/c1-15(11-5-3-2-4-6-11)12-8-7-10(13)9-14-12/h7-9,11-12,14H,2-6,13H2,1H3. The van der Waals surface area contributed by atoms with Crippen molar-refractivity contribution in [1.29, 1.82) is 0 Å². The summed E-state index contributed by atoms with van der Waals surface area (Å²) < 4.78 is 0. The summed E-state index contributed by atoms with van der Waals surface area (Å²) in [6, 6.07) is 0.730. The summed E-state index contributed by atoms with van der Waals surface area (Å²) in [7, 11) is 2.20. The van der Waals surface area contributed by atoms with Crippen LogP contribution in [0.4, 0.5) is 0 Å². The van der Waals surface area contributed by atoms with Crippen LogP contribution in [0.5, 0.6) is 0 Å². The van der Waals surface area contributed by atoms with Gasteiger partial charge in [-0.05, 0) is 32.0 Å². The molecule has 1 fully saturated rings. The molecule has 0 aromatic heterocycles. The second-order valence-corrected chi connectivity index (χ2v) is 4.57. The first-order chi connectivity index (χ1) is 7.27. The predicted octanol–water partition coefficient (Wildman–Crippen LogP) is 1.54. The molecule has 0 aromatic rings. The van der Waals surface area contributed by atoms with Gasteiger partial charge in [-0.15, -0.1) is 0 Å². The molecule has 2 aliphatic rings. The lowest BCUT2D eigenvalue weighted by Gasteiger charge is -2.36. The van der Waals surface area contributed by atoms with Crippen molar-refractivity contribution >= 4 is 0 Å². The third-order valence-electron chi connectivity index (χ3n) is 3.48. The molecule has 1 saturated carbocycles. The van der Waals surface area contributed by atoms with Crippen molar-refractivity contribution in [3.05, 3.63) is 24.0 Å². The van der Waals surface area contributed by atoms with E-state index in [1.54, 1.807) is 0 Å². The van der Waals surface area contributed by atoms with E-state index in [1.807, 2.05) is 12.3 Å². The quantitative estimate of drug-likeness (QED) is 0.721. The summed E-state index contributed by atoms with van der Waals surface area (Å²) in [5.74, 6) is 0. The van der Waals surface area contributed by atoms with Crippen LogP contribution in [-0.4, -0.2) is 24.2 Å². The zero-order chi connectivity index (χ0) is 10.7. The van der Waals surface area contributed by atoms with Gasteiger partial charge in [0.05, 0.1) is 6.17 Å². The third kappa shape index (κ3) is 2.53. The molecule has 2 rings (SSSR count). The monoisotopic (exact) mass is 207 g/mol. The van der Waals surface area contributed by atoms with E-state index in [9.17, 15) is 0 Å². The molecule has 1 aliphatic heterocycles. The van der Waals surface area contributed by atoms with Crippen molar-refractivity contribution in [3.63, 3.8) is 0 Å². The topological polar surface area (TPSA) is 41.3 Å². The lowest BCUT2D eigenvalue weighted by atomic mass is 9.94. The molecule has 84 valence electrons. The molecule has 0 amide bonds. The Labute approximate surface area is 92.0 Å². The first-order valence-corrected chi connectivity index (χ1v) is 5.89. The van der Waals surface area contributed by atoms with E-state index in [4.69, 9.17) is 5.73 Å². The number of likely N-dealkylation sites (N-methyl/N-ethyl adjacent to an activating group) is 1. The van der Waals surface area contributed by atoms with Gasteiger partial charge in [0.15, 0.2) is 0 Å². The Hall–Kier alpha value is -0.960. The molecule has 1 aliphatic carbocycles. The molecular formula is C12H21N3. The fourth-order valence-electron chi connectivity index (χ4n) is 2.46. The number of nitrogens with one attached hydrogen (secondary N) is 1. The molecule has 0 radical (unpaired) electrons. The summed E-state index contributed by atoms with van der Waals surface area (Å²) >= 11 is 0. The van der Waals surface area contributed by atoms with Gasteiger partial charge in [0.2, 0.25) is 0 Å². The molecule has 3 N–H and O–H groups in total. The van der Waals surface area contributed by atoms with Crippen molar-refractivity contribution in [2.45, 2.75) is 44.3 Å². The van der Waals surface area contributed by atoms with Crippen molar-refractivity contribution in [2.75, 3.05) is 7.05 Å². The second-order valence-electron chi connectivity index (χ2n) is 4.57. The smallest absolute Gasteiger partial charge is 0.0986 e. The minimum Gasteiger partial charge on any atom is -0.398 e. The van der Waals surface area contributed by atoms with Crippen LogP contribution in [0.15, 0.2) is 24.0 Å². The van der Waals surface area contributed by atoms with Gasteiger partial charge >= 0.3 is 0 Å². The van der Waals surface area contributed by atoms with Crippen molar-refractivity contribution in [1.82, 2.24) is 10.2 Å². The molecule has 0 bridgehead atoms. The van der Waals surface area contributed by atoms with Crippen LogP contribution in [-0.2, 0) is 0 Å². The molecule has 0 saturated heterocycles. The minimum absolute atomic E-state index is 0.320. The largest absolute Gasteiger partial charge is 0.398 e. The van der Waals surface area contributed by atoms with Gasteiger partial charge in [-0.2, -0.15) is 0 Å². The number of dihydropyridines is 1. The zero-order valence-electron chi connectivity index (χ0n) is 9.45. The third-order valence-corrected chi connectivity index (χ3v) is 3.48. The van der Waals surface area contributed by atoms with Gasteiger partial charge in [0.25, 0.3) is 0 Å². The van der Waals surface area contributed by atoms with Gasteiger partial charge in [0.1, 0.15) is 0 Å². The summed E-state index contributed by atoms with van der Waals surface area (Å²) in [4.78, 5) is 2.43. The van der Waals surface area contributed by atoms with Crippen molar-refractivity contribution in [3.8, 4) is 0 Å². The van der Waals surface area contributed by atoms with Crippen LogP contribution < -0.4 is 11.1 Å². The van der Waals surface area contributed by atoms with Crippen molar-refractivity contribution in [2.24, 2.45) is 5.73 Å². The van der Waals surface area contributed by atoms with E-state index < -0.39 is 0 Å². The highest BCUT2D eigenvalue weighted by atomic mass is 15.3. The number of rotatable bonds is 2. The fraction of sp³-hybridized carbons (Fsp3) is 0.667. The first kappa shape index (κ1) is 10.6. The lowest BCUT2D eigenvalue weighted by molar-refractivity contribution is 0.148. The minimum atomic E-state index is 0.320. The maximum absolute atomic E-state index is 5.67. The number of hydrogen-bond acceptors (Lipinski definition) is 3. The maximum atomic E-state index is 5.67. The molecule has 1 atom stereocenters. The number of hydrogen-bond donors (Lipinski definition) is 2. The number of nitrogens with two attached hydrogens (primary N) is 1. The van der Waals surface area contributed by atoms with Gasteiger partial charge in [-0.1, -0.05) is 19.3 Å². The Morgan fingerprint density at radius 1 is 1.33 bits per heavy atom.